The van der Waals surface area contributed by atoms with Gasteiger partial charge in [0, 0.05) is 45.5 Å². The number of aliphatic imine (C=N–C) groups is 1. The highest BCUT2D eigenvalue weighted by molar-refractivity contribution is 7.91. The predicted molar refractivity (Wildman–Crippen MR) is 104 cm³/mol. The highest BCUT2D eigenvalue weighted by Crippen LogP contribution is 2.09. The van der Waals surface area contributed by atoms with Crippen LogP contribution in [0.2, 0.25) is 0 Å². The van der Waals surface area contributed by atoms with E-state index in [1.54, 1.807) is 14.0 Å². The summed E-state index contributed by atoms with van der Waals surface area (Å²) in [6.07, 6.45) is 0.00738. The Kier molecular flexibility index (Phi) is 9.28. The molecule has 154 valence electrons. The van der Waals surface area contributed by atoms with Crippen molar-refractivity contribution in [3.63, 3.8) is 0 Å². The van der Waals surface area contributed by atoms with Crippen molar-refractivity contribution in [3.05, 3.63) is 0 Å². The number of sulfone groups is 1. The van der Waals surface area contributed by atoms with Crippen LogP contribution in [0.15, 0.2) is 4.99 Å². The molecule has 1 N–H and O–H groups in total. The van der Waals surface area contributed by atoms with Gasteiger partial charge in [-0.2, -0.15) is 4.31 Å². The molecule has 0 aromatic rings. The zero-order valence-corrected chi connectivity index (χ0v) is 17.8. The minimum atomic E-state index is -3.33. The van der Waals surface area contributed by atoms with Gasteiger partial charge >= 0.3 is 0 Å². The van der Waals surface area contributed by atoms with E-state index in [4.69, 9.17) is 4.74 Å². The van der Waals surface area contributed by atoms with Crippen LogP contribution in [-0.2, 0) is 24.6 Å². The van der Waals surface area contributed by atoms with Gasteiger partial charge in [0.15, 0.2) is 15.8 Å². The van der Waals surface area contributed by atoms with Gasteiger partial charge in [-0.05, 0) is 13.8 Å². The van der Waals surface area contributed by atoms with Crippen LogP contribution < -0.4 is 5.32 Å². The molecule has 1 saturated heterocycles. The quantitative estimate of drug-likeness (QED) is 0.397. The van der Waals surface area contributed by atoms with Gasteiger partial charge in [-0.25, -0.2) is 16.8 Å². The lowest BCUT2D eigenvalue weighted by atomic mass is 10.4. The predicted octanol–water partition coefficient (Wildman–Crippen LogP) is -0.631. The number of nitrogens with one attached hydrogen (secondary N) is 1. The van der Waals surface area contributed by atoms with E-state index in [0.29, 0.717) is 32.1 Å². The minimum Gasteiger partial charge on any atom is -0.378 e. The zero-order valence-electron chi connectivity index (χ0n) is 16.1. The van der Waals surface area contributed by atoms with E-state index >= 15 is 0 Å². The van der Waals surface area contributed by atoms with Crippen LogP contribution in [0.25, 0.3) is 0 Å². The van der Waals surface area contributed by atoms with Crippen LogP contribution in [0.3, 0.4) is 0 Å². The van der Waals surface area contributed by atoms with Crippen molar-refractivity contribution >= 4 is 25.8 Å². The topological polar surface area (TPSA) is 108 Å². The van der Waals surface area contributed by atoms with Crippen LogP contribution >= 0.6 is 0 Å². The maximum atomic E-state index is 12.3. The normalized spacial score (nSPS) is 17.7. The number of guanidine groups is 1. The first-order chi connectivity index (χ1) is 12.1. The van der Waals surface area contributed by atoms with Crippen LogP contribution in [-0.4, -0.2) is 102 Å². The third-order valence-electron chi connectivity index (χ3n) is 4.07. The molecule has 0 amide bonds. The van der Waals surface area contributed by atoms with Crippen molar-refractivity contribution in [2.45, 2.75) is 26.9 Å². The SMILES string of the molecule is CCS(=O)(=O)CCNC(=NC)N1CCN(S(=O)(=O)CCOC(C)C)CC1. The highest BCUT2D eigenvalue weighted by Gasteiger charge is 2.28. The number of ether oxygens (including phenoxy) is 1. The van der Waals surface area contributed by atoms with Crippen molar-refractivity contribution in [2.75, 3.05) is 63.6 Å². The molecule has 0 aliphatic carbocycles. The molecule has 11 heteroatoms. The molecule has 0 atom stereocenters. The molecule has 9 nitrogen and oxygen atoms in total. The summed E-state index contributed by atoms with van der Waals surface area (Å²) >= 11 is 0. The molecule has 26 heavy (non-hydrogen) atoms. The van der Waals surface area contributed by atoms with E-state index < -0.39 is 19.9 Å². The van der Waals surface area contributed by atoms with Crippen molar-refractivity contribution in [3.8, 4) is 0 Å². The summed E-state index contributed by atoms with van der Waals surface area (Å²) in [7, 11) is -4.74. The molecular weight excluding hydrogens is 380 g/mol. The smallest absolute Gasteiger partial charge is 0.216 e. The second-order valence-electron chi connectivity index (χ2n) is 6.33. The molecule has 0 aromatic carbocycles. The molecule has 1 fully saturated rings. The van der Waals surface area contributed by atoms with E-state index in [-0.39, 0.29) is 36.5 Å². The van der Waals surface area contributed by atoms with E-state index in [1.807, 2.05) is 18.7 Å². The minimum absolute atomic E-state index is 0.00738. The van der Waals surface area contributed by atoms with Crippen LogP contribution in [0.4, 0.5) is 0 Å². The summed E-state index contributed by atoms with van der Waals surface area (Å²) < 4.78 is 54.6. The van der Waals surface area contributed by atoms with Crippen molar-refractivity contribution in [1.29, 1.82) is 0 Å². The van der Waals surface area contributed by atoms with Gasteiger partial charge in [-0.1, -0.05) is 6.92 Å². The Bertz CT molecular complexity index is 654. The molecule has 0 saturated carbocycles. The lowest BCUT2D eigenvalue weighted by molar-refractivity contribution is 0.0904. The summed E-state index contributed by atoms with van der Waals surface area (Å²) in [6.45, 7) is 7.59. The standard InChI is InChI=1S/C15H32N4O5S2/c1-5-25(20,21)12-6-17-15(16-4)18-7-9-19(10-8-18)26(22,23)13-11-24-14(2)3/h14H,5-13H2,1-4H3,(H,16,17). The Morgan fingerprint density at radius 1 is 1.12 bits per heavy atom. The van der Waals surface area contributed by atoms with Gasteiger partial charge in [0.25, 0.3) is 0 Å². The molecule has 1 aliphatic rings. The summed E-state index contributed by atoms with van der Waals surface area (Å²) in [5.41, 5.74) is 0. The average molecular weight is 413 g/mol. The maximum absolute atomic E-state index is 12.3. The molecule has 1 rings (SSSR count). The van der Waals surface area contributed by atoms with Crippen molar-refractivity contribution in [1.82, 2.24) is 14.5 Å². The van der Waals surface area contributed by atoms with Gasteiger partial charge in [-0.15, -0.1) is 0 Å². The monoisotopic (exact) mass is 412 g/mol. The summed E-state index contributed by atoms with van der Waals surface area (Å²) in [6, 6.07) is 0. The Labute approximate surface area is 157 Å². The molecule has 0 aromatic heterocycles. The van der Waals surface area contributed by atoms with E-state index in [1.165, 1.54) is 4.31 Å². The molecule has 0 radical (unpaired) electrons. The zero-order chi connectivity index (χ0) is 19.8. The second-order valence-corrected chi connectivity index (χ2v) is 10.9. The van der Waals surface area contributed by atoms with Crippen molar-refractivity contribution < 1.29 is 21.6 Å². The first-order valence-corrected chi connectivity index (χ1v) is 12.3. The van der Waals surface area contributed by atoms with Gasteiger partial charge in [0.2, 0.25) is 10.0 Å². The van der Waals surface area contributed by atoms with E-state index in [9.17, 15) is 16.8 Å². The van der Waals surface area contributed by atoms with Gasteiger partial charge in [0.05, 0.1) is 24.2 Å². The van der Waals surface area contributed by atoms with Crippen LogP contribution in [0, 0.1) is 0 Å². The number of hydrogen-bond donors (Lipinski definition) is 1. The second kappa shape index (κ2) is 10.4. The number of rotatable bonds is 9. The molecule has 0 spiro atoms. The van der Waals surface area contributed by atoms with Crippen LogP contribution in [0.1, 0.15) is 20.8 Å². The Balaban J connectivity index is 2.48. The van der Waals surface area contributed by atoms with Gasteiger partial charge in [0.1, 0.15) is 0 Å². The third-order valence-corrected chi connectivity index (χ3v) is 7.61. The number of piperazine rings is 1. The van der Waals surface area contributed by atoms with Gasteiger partial charge < -0.3 is 15.0 Å². The average Bonchev–Trinajstić information content (AvgIpc) is 2.58. The van der Waals surface area contributed by atoms with Crippen molar-refractivity contribution in [2.24, 2.45) is 4.99 Å². The summed E-state index contributed by atoms with van der Waals surface area (Å²) in [5.74, 6) is 0.737. The number of hydrogen-bond acceptors (Lipinski definition) is 6. The molecule has 1 aliphatic heterocycles. The first kappa shape index (κ1) is 23.1. The fourth-order valence-electron chi connectivity index (χ4n) is 2.49. The maximum Gasteiger partial charge on any atom is 0.216 e. The van der Waals surface area contributed by atoms with E-state index in [2.05, 4.69) is 10.3 Å². The summed E-state index contributed by atoms with van der Waals surface area (Å²) in [5, 5.41) is 3.04. The fourth-order valence-corrected chi connectivity index (χ4v) is 4.48. The largest absolute Gasteiger partial charge is 0.378 e. The Morgan fingerprint density at radius 2 is 1.73 bits per heavy atom. The van der Waals surface area contributed by atoms with E-state index in [0.717, 1.165) is 0 Å². The fraction of sp³-hybridized carbons (Fsp3) is 0.933. The number of nitrogens with zero attached hydrogens (tertiary/aromatic N) is 3. The lowest BCUT2D eigenvalue weighted by Crippen LogP contribution is -2.54. The third kappa shape index (κ3) is 7.77. The number of sulfonamides is 1. The molecule has 0 unspecified atom stereocenters. The van der Waals surface area contributed by atoms with Crippen LogP contribution in [0.5, 0.6) is 0 Å². The molecule has 1 heterocycles. The highest BCUT2D eigenvalue weighted by atomic mass is 32.2. The van der Waals surface area contributed by atoms with Gasteiger partial charge in [-0.3, -0.25) is 4.99 Å². The molecule has 0 bridgehead atoms. The molecular formula is C15H32N4O5S2. The summed E-state index contributed by atoms with van der Waals surface area (Å²) in [4.78, 5) is 6.10. The lowest BCUT2D eigenvalue weighted by Gasteiger charge is -2.35. The first-order valence-electron chi connectivity index (χ1n) is 8.86. The Hall–Kier alpha value is -0.910. The Morgan fingerprint density at radius 3 is 2.23 bits per heavy atom.